The zero-order chi connectivity index (χ0) is 15.4. The lowest BCUT2D eigenvalue weighted by Gasteiger charge is -2.12. The number of rotatable bonds is 5. The summed E-state index contributed by atoms with van der Waals surface area (Å²) in [6, 6.07) is 10.0. The van der Waals surface area contributed by atoms with Crippen molar-refractivity contribution in [1.82, 2.24) is 0 Å². The van der Waals surface area contributed by atoms with Gasteiger partial charge in [0.15, 0.2) is 0 Å². The summed E-state index contributed by atoms with van der Waals surface area (Å²) in [5, 5.41) is -0.480. The maximum atomic E-state index is 13.8. The second-order valence-corrected chi connectivity index (χ2v) is 5.50. The number of aryl methyl sites for hydroxylation is 2. The normalized spacial score (nSPS) is 12.2. The van der Waals surface area contributed by atoms with Crippen LogP contribution in [0.1, 0.15) is 28.5 Å². The van der Waals surface area contributed by atoms with E-state index in [1.54, 1.807) is 14.0 Å². The molecule has 0 aliphatic rings. The van der Waals surface area contributed by atoms with Crippen molar-refractivity contribution in [3.8, 4) is 5.75 Å². The third-order valence-corrected chi connectivity index (χ3v) is 3.91. The van der Waals surface area contributed by atoms with Crippen molar-refractivity contribution in [2.24, 2.45) is 0 Å². The highest BCUT2D eigenvalue weighted by Crippen LogP contribution is 2.30. The minimum absolute atomic E-state index is 0.351. The average molecular weight is 311 g/mol. The van der Waals surface area contributed by atoms with Crippen LogP contribution in [0, 0.1) is 18.6 Å². The molecule has 0 fully saturated rings. The van der Waals surface area contributed by atoms with Gasteiger partial charge >= 0.3 is 0 Å². The lowest BCUT2D eigenvalue weighted by atomic mass is 10.0. The Balaban J connectivity index is 2.04. The van der Waals surface area contributed by atoms with Gasteiger partial charge in [-0.25, -0.2) is 8.78 Å². The van der Waals surface area contributed by atoms with Crippen LogP contribution in [0.25, 0.3) is 0 Å². The first kappa shape index (κ1) is 15.8. The fourth-order valence-corrected chi connectivity index (χ4v) is 2.44. The molecule has 0 bridgehead atoms. The molecule has 0 spiro atoms. The van der Waals surface area contributed by atoms with Gasteiger partial charge in [0.05, 0.1) is 12.5 Å². The van der Waals surface area contributed by atoms with Crippen LogP contribution in [-0.4, -0.2) is 7.11 Å². The number of hydrogen-bond acceptors (Lipinski definition) is 1. The number of ether oxygens (including phenoxy) is 1. The van der Waals surface area contributed by atoms with Crippen LogP contribution < -0.4 is 4.74 Å². The van der Waals surface area contributed by atoms with E-state index in [9.17, 15) is 8.78 Å². The van der Waals surface area contributed by atoms with Gasteiger partial charge in [0, 0.05) is 11.6 Å². The maximum Gasteiger partial charge on any atom is 0.130 e. The summed E-state index contributed by atoms with van der Waals surface area (Å²) in [4.78, 5) is 0. The molecule has 0 N–H and O–H groups in total. The van der Waals surface area contributed by atoms with E-state index >= 15 is 0 Å². The Hall–Kier alpha value is -1.61. The summed E-state index contributed by atoms with van der Waals surface area (Å²) in [6.45, 7) is 1.60. The van der Waals surface area contributed by atoms with Gasteiger partial charge in [0.25, 0.3) is 0 Å². The Morgan fingerprint density at radius 2 is 1.76 bits per heavy atom. The lowest BCUT2D eigenvalue weighted by molar-refractivity contribution is 0.414. The van der Waals surface area contributed by atoms with E-state index in [1.807, 2.05) is 24.3 Å². The third-order valence-electron chi connectivity index (χ3n) is 3.46. The number of alkyl halides is 1. The molecule has 112 valence electrons. The maximum absolute atomic E-state index is 13.8. The first-order valence-corrected chi connectivity index (χ1v) is 7.17. The van der Waals surface area contributed by atoms with E-state index in [2.05, 4.69) is 0 Å². The van der Waals surface area contributed by atoms with E-state index in [0.29, 0.717) is 24.0 Å². The SMILES string of the molecule is COc1ccc(CCC(Cl)c2cc(C)c(F)cc2F)cc1. The Morgan fingerprint density at radius 1 is 1.10 bits per heavy atom. The lowest BCUT2D eigenvalue weighted by Crippen LogP contribution is -2.00. The van der Waals surface area contributed by atoms with E-state index < -0.39 is 17.0 Å². The van der Waals surface area contributed by atoms with Crippen LogP contribution in [0.2, 0.25) is 0 Å². The molecule has 0 amide bonds. The van der Waals surface area contributed by atoms with E-state index in [4.69, 9.17) is 16.3 Å². The first-order valence-electron chi connectivity index (χ1n) is 6.74. The molecule has 0 saturated carbocycles. The molecule has 2 rings (SSSR count). The van der Waals surface area contributed by atoms with Gasteiger partial charge in [0.1, 0.15) is 17.4 Å². The van der Waals surface area contributed by atoms with E-state index in [-0.39, 0.29) is 0 Å². The highest BCUT2D eigenvalue weighted by atomic mass is 35.5. The summed E-state index contributed by atoms with van der Waals surface area (Å²) in [5.41, 5.74) is 1.85. The van der Waals surface area contributed by atoms with Gasteiger partial charge < -0.3 is 4.74 Å². The van der Waals surface area contributed by atoms with E-state index in [1.165, 1.54) is 6.07 Å². The van der Waals surface area contributed by atoms with Crippen molar-refractivity contribution < 1.29 is 13.5 Å². The average Bonchev–Trinajstić information content (AvgIpc) is 2.49. The molecule has 0 aliphatic heterocycles. The second kappa shape index (κ2) is 6.90. The summed E-state index contributed by atoms with van der Waals surface area (Å²) >= 11 is 6.26. The highest BCUT2D eigenvalue weighted by Gasteiger charge is 2.15. The van der Waals surface area contributed by atoms with Crippen LogP contribution in [0.4, 0.5) is 8.78 Å². The number of halogens is 3. The first-order chi connectivity index (χ1) is 10.0. The van der Waals surface area contributed by atoms with Gasteiger partial charge in [-0.05, 0) is 49.1 Å². The highest BCUT2D eigenvalue weighted by molar-refractivity contribution is 6.20. The Morgan fingerprint density at radius 3 is 2.38 bits per heavy atom. The Bertz CT molecular complexity index is 611. The van der Waals surface area contributed by atoms with Crippen LogP contribution in [0.3, 0.4) is 0 Å². The summed E-state index contributed by atoms with van der Waals surface area (Å²) in [7, 11) is 1.61. The largest absolute Gasteiger partial charge is 0.497 e. The van der Waals surface area contributed by atoms with Gasteiger partial charge in [-0.15, -0.1) is 11.6 Å². The van der Waals surface area contributed by atoms with Crippen molar-refractivity contribution in [2.45, 2.75) is 25.1 Å². The summed E-state index contributed by atoms with van der Waals surface area (Å²) in [6.07, 6.45) is 1.30. The quantitative estimate of drug-likeness (QED) is 0.690. The molecule has 1 unspecified atom stereocenters. The number of methoxy groups -OCH3 is 1. The van der Waals surface area contributed by atoms with Crippen molar-refractivity contribution in [3.63, 3.8) is 0 Å². The fourth-order valence-electron chi connectivity index (χ4n) is 2.16. The molecule has 2 aromatic rings. The zero-order valence-electron chi connectivity index (χ0n) is 12.0. The molecule has 4 heteroatoms. The zero-order valence-corrected chi connectivity index (χ0v) is 12.8. The monoisotopic (exact) mass is 310 g/mol. The second-order valence-electron chi connectivity index (χ2n) is 4.98. The van der Waals surface area contributed by atoms with Crippen LogP contribution in [0.5, 0.6) is 5.75 Å². The molecular weight excluding hydrogens is 294 g/mol. The van der Waals surface area contributed by atoms with Crippen LogP contribution in [-0.2, 0) is 6.42 Å². The van der Waals surface area contributed by atoms with Gasteiger partial charge in [-0.1, -0.05) is 12.1 Å². The third kappa shape index (κ3) is 3.94. The van der Waals surface area contributed by atoms with Gasteiger partial charge in [-0.3, -0.25) is 0 Å². The smallest absolute Gasteiger partial charge is 0.130 e. The predicted octanol–water partition coefficient (Wildman–Crippen LogP) is 5.19. The molecule has 1 atom stereocenters. The van der Waals surface area contributed by atoms with Crippen molar-refractivity contribution in [3.05, 3.63) is 64.7 Å². The standard InChI is InChI=1S/C17H17ClF2O/c1-11-9-14(17(20)10-16(11)19)15(18)8-5-12-3-6-13(21-2)7-4-12/h3-4,6-7,9-10,15H,5,8H2,1-2H3. The molecule has 0 radical (unpaired) electrons. The van der Waals surface area contributed by atoms with Crippen LogP contribution in [0.15, 0.2) is 36.4 Å². The number of hydrogen-bond donors (Lipinski definition) is 0. The molecule has 0 heterocycles. The molecular formula is C17H17ClF2O. The molecule has 21 heavy (non-hydrogen) atoms. The summed E-state index contributed by atoms with van der Waals surface area (Å²) in [5.74, 6) is -0.343. The van der Waals surface area contributed by atoms with Crippen molar-refractivity contribution in [2.75, 3.05) is 7.11 Å². The number of benzene rings is 2. The van der Waals surface area contributed by atoms with Crippen molar-refractivity contribution in [1.29, 1.82) is 0 Å². The molecule has 2 aromatic carbocycles. The van der Waals surface area contributed by atoms with E-state index in [0.717, 1.165) is 17.4 Å². The minimum Gasteiger partial charge on any atom is -0.497 e. The molecule has 1 nitrogen and oxygen atoms in total. The Labute approximate surface area is 128 Å². The van der Waals surface area contributed by atoms with Gasteiger partial charge in [0.2, 0.25) is 0 Å². The van der Waals surface area contributed by atoms with Gasteiger partial charge in [-0.2, -0.15) is 0 Å². The molecule has 0 saturated heterocycles. The topological polar surface area (TPSA) is 9.23 Å². The predicted molar refractivity (Wildman–Crippen MR) is 81.0 cm³/mol. The molecule has 0 aromatic heterocycles. The van der Waals surface area contributed by atoms with Crippen molar-refractivity contribution >= 4 is 11.6 Å². The summed E-state index contributed by atoms with van der Waals surface area (Å²) < 4.78 is 32.1. The molecule has 0 aliphatic carbocycles. The Kier molecular flexibility index (Phi) is 5.18. The minimum atomic E-state index is -0.590. The van der Waals surface area contributed by atoms with Crippen LogP contribution >= 0.6 is 11.6 Å². The fraction of sp³-hybridized carbons (Fsp3) is 0.294.